The topological polar surface area (TPSA) is 116 Å². The van der Waals surface area contributed by atoms with Crippen molar-refractivity contribution in [3.8, 4) is 0 Å². The molecule has 0 heterocycles. The molecule has 0 aliphatic rings. The largest absolute Gasteiger partial charge is 0.480 e. The van der Waals surface area contributed by atoms with E-state index in [0.29, 0.717) is 6.42 Å². The van der Waals surface area contributed by atoms with Crippen LogP contribution < -0.4 is 11.5 Å². The summed E-state index contributed by atoms with van der Waals surface area (Å²) >= 11 is 0. The van der Waals surface area contributed by atoms with Gasteiger partial charge < -0.3 is 21.3 Å². The van der Waals surface area contributed by atoms with E-state index in [9.17, 15) is 9.59 Å². The monoisotopic (exact) mass is 246 g/mol. The number of hydrogen-bond donors (Lipinski definition) is 3. The average Bonchev–Trinajstić information content (AvgIpc) is 2.15. The van der Waals surface area contributed by atoms with Crippen LogP contribution in [0, 0.1) is 5.92 Å². The first-order chi connectivity index (χ1) is 7.67. The minimum Gasteiger partial charge on any atom is -0.480 e. The summed E-state index contributed by atoms with van der Waals surface area (Å²) in [4.78, 5) is 22.2. The van der Waals surface area contributed by atoms with Gasteiger partial charge in [0.05, 0.1) is 5.92 Å². The lowest BCUT2D eigenvalue weighted by Gasteiger charge is -2.23. The molecule has 0 saturated carbocycles. The quantitative estimate of drug-likeness (QED) is 0.572. The summed E-state index contributed by atoms with van der Waals surface area (Å²) in [7, 11) is 0. The van der Waals surface area contributed by atoms with Gasteiger partial charge in [-0.05, 0) is 33.6 Å². The molecule has 0 aliphatic heterocycles. The average molecular weight is 246 g/mol. The second-order valence-corrected chi connectivity index (χ2v) is 4.99. The fraction of sp³-hybridized carbons (Fsp3) is 0.818. The standard InChI is InChI=1S/C11H22N2O4/c1-11(2,3)17-10(16)7(6-12)4-5-8(13)9(14)15/h7-8H,4-6,12-13H2,1-3H3,(H,14,15)/t7?,8-/m1/s1. The second-order valence-electron chi connectivity index (χ2n) is 4.99. The third kappa shape index (κ3) is 6.91. The van der Waals surface area contributed by atoms with Crippen molar-refractivity contribution in [3.05, 3.63) is 0 Å². The van der Waals surface area contributed by atoms with E-state index < -0.39 is 29.5 Å². The maximum atomic E-state index is 11.7. The molecule has 0 amide bonds. The molecular weight excluding hydrogens is 224 g/mol. The number of carbonyl (C=O) groups is 2. The zero-order valence-electron chi connectivity index (χ0n) is 10.6. The lowest BCUT2D eigenvalue weighted by Crippen LogP contribution is -2.35. The minimum atomic E-state index is -1.08. The fourth-order valence-electron chi connectivity index (χ4n) is 1.22. The molecule has 0 aliphatic carbocycles. The highest BCUT2D eigenvalue weighted by Gasteiger charge is 2.25. The molecule has 2 atom stereocenters. The van der Waals surface area contributed by atoms with Crippen molar-refractivity contribution in [2.75, 3.05) is 6.54 Å². The molecule has 6 nitrogen and oxygen atoms in total. The van der Waals surface area contributed by atoms with Crippen LogP contribution in [0.25, 0.3) is 0 Å². The number of aliphatic carboxylic acids is 1. The number of hydrogen-bond acceptors (Lipinski definition) is 5. The maximum Gasteiger partial charge on any atom is 0.320 e. The third-order valence-corrected chi connectivity index (χ3v) is 2.17. The fourth-order valence-corrected chi connectivity index (χ4v) is 1.22. The first-order valence-corrected chi connectivity index (χ1v) is 5.58. The highest BCUT2D eigenvalue weighted by molar-refractivity contribution is 5.74. The summed E-state index contributed by atoms with van der Waals surface area (Å²) < 4.78 is 5.18. The molecule has 0 fully saturated rings. The first kappa shape index (κ1) is 15.9. The molecule has 0 aromatic carbocycles. The lowest BCUT2D eigenvalue weighted by atomic mass is 10.00. The Morgan fingerprint density at radius 1 is 1.29 bits per heavy atom. The Labute approximate surface area is 101 Å². The van der Waals surface area contributed by atoms with Crippen LogP contribution in [0.15, 0.2) is 0 Å². The molecule has 1 unspecified atom stereocenters. The van der Waals surface area contributed by atoms with E-state index >= 15 is 0 Å². The number of carboxylic acids is 1. The summed E-state index contributed by atoms with van der Waals surface area (Å²) in [5.74, 6) is -1.98. The minimum absolute atomic E-state index is 0.126. The number of carboxylic acid groups (broad SMARTS) is 1. The molecule has 0 spiro atoms. The van der Waals surface area contributed by atoms with Crippen LogP contribution in [0.1, 0.15) is 33.6 Å². The van der Waals surface area contributed by atoms with E-state index in [0.717, 1.165) is 0 Å². The lowest BCUT2D eigenvalue weighted by molar-refractivity contribution is -0.160. The number of carbonyl (C=O) groups excluding carboxylic acids is 1. The number of nitrogens with two attached hydrogens (primary N) is 2. The van der Waals surface area contributed by atoms with Crippen LogP contribution >= 0.6 is 0 Å². The SMILES string of the molecule is CC(C)(C)OC(=O)C(CN)CC[C@@H](N)C(=O)O. The smallest absolute Gasteiger partial charge is 0.320 e. The molecule has 0 aromatic heterocycles. The number of rotatable bonds is 6. The second kappa shape index (κ2) is 6.56. The summed E-state index contributed by atoms with van der Waals surface area (Å²) in [5.41, 5.74) is 10.3. The Hall–Kier alpha value is -1.14. The Balaban J connectivity index is 4.24. The highest BCUT2D eigenvalue weighted by atomic mass is 16.6. The molecule has 5 N–H and O–H groups in total. The van der Waals surface area contributed by atoms with E-state index in [4.69, 9.17) is 21.3 Å². The van der Waals surface area contributed by atoms with E-state index in [2.05, 4.69) is 0 Å². The van der Waals surface area contributed by atoms with Gasteiger partial charge in [0, 0.05) is 6.54 Å². The number of ether oxygens (including phenoxy) is 1. The Kier molecular flexibility index (Phi) is 6.12. The van der Waals surface area contributed by atoms with Gasteiger partial charge in [0.25, 0.3) is 0 Å². The van der Waals surface area contributed by atoms with E-state index in [-0.39, 0.29) is 13.0 Å². The summed E-state index contributed by atoms with van der Waals surface area (Å²) in [6.45, 7) is 5.42. The molecule has 0 bridgehead atoms. The molecule has 100 valence electrons. The maximum absolute atomic E-state index is 11.7. The zero-order chi connectivity index (χ0) is 13.6. The Bertz CT molecular complexity index is 273. The van der Waals surface area contributed by atoms with Crippen LogP contribution in [0.5, 0.6) is 0 Å². The molecule has 0 aromatic rings. The summed E-state index contributed by atoms with van der Waals surface area (Å²) in [6.07, 6.45) is 0.523. The third-order valence-electron chi connectivity index (χ3n) is 2.17. The van der Waals surface area contributed by atoms with Gasteiger partial charge in [0.15, 0.2) is 0 Å². The van der Waals surface area contributed by atoms with E-state index in [1.165, 1.54) is 0 Å². The molecule has 0 radical (unpaired) electrons. The van der Waals surface area contributed by atoms with Crippen molar-refractivity contribution >= 4 is 11.9 Å². The van der Waals surface area contributed by atoms with Crippen molar-refractivity contribution in [3.63, 3.8) is 0 Å². The van der Waals surface area contributed by atoms with Gasteiger partial charge in [-0.25, -0.2) is 0 Å². The van der Waals surface area contributed by atoms with Crippen molar-refractivity contribution in [1.82, 2.24) is 0 Å². The van der Waals surface area contributed by atoms with Crippen molar-refractivity contribution in [2.45, 2.75) is 45.3 Å². The van der Waals surface area contributed by atoms with Gasteiger partial charge in [-0.15, -0.1) is 0 Å². The van der Waals surface area contributed by atoms with Gasteiger partial charge in [-0.1, -0.05) is 0 Å². The van der Waals surface area contributed by atoms with Crippen LogP contribution in [0.3, 0.4) is 0 Å². The molecular formula is C11H22N2O4. The van der Waals surface area contributed by atoms with E-state index in [1.807, 2.05) is 0 Å². The van der Waals surface area contributed by atoms with Crippen molar-refractivity contribution < 1.29 is 19.4 Å². The van der Waals surface area contributed by atoms with Crippen LogP contribution in [-0.2, 0) is 14.3 Å². The highest BCUT2D eigenvalue weighted by Crippen LogP contribution is 2.15. The Morgan fingerprint density at radius 2 is 1.82 bits per heavy atom. The Morgan fingerprint density at radius 3 is 2.18 bits per heavy atom. The molecule has 0 rings (SSSR count). The van der Waals surface area contributed by atoms with Gasteiger partial charge in [-0.3, -0.25) is 9.59 Å². The normalized spacial score (nSPS) is 15.1. The summed E-state index contributed by atoms with van der Waals surface area (Å²) in [5, 5.41) is 8.62. The molecule has 6 heteroatoms. The van der Waals surface area contributed by atoms with Crippen LogP contribution in [0.4, 0.5) is 0 Å². The van der Waals surface area contributed by atoms with Crippen LogP contribution in [-0.4, -0.2) is 35.2 Å². The first-order valence-electron chi connectivity index (χ1n) is 5.58. The van der Waals surface area contributed by atoms with Crippen LogP contribution in [0.2, 0.25) is 0 Å². The summed E-state index contributed by atoms with van der Waals surface area (Å²) in [6, 6.07) is -0.966. The molecule has 0 saturated heterocycles. The predicted molar refractivity (Wildman–Crippen MR) is 63.2 cm³/mol. The van der Waals surface area contributed by atoms with Gasteiger partial charge in [0.1, 0.15) is 11.6 Å². The van der Waals surface area contributed by atoms with Crippen molar-refractivity contribution in [1.29, 1.82) is 0 Å². The van der Waals surface area contributed by atoms with Crippen molar-refractivity contribution in [2.24, 2.45) is 17.4 Å². The number of esters is 1. The predicted octanol–water partition coefficient (Wildman–Crippen LogP) is 0.0951. The van der Waals surface area contributed by atoms with E-state index in [1.54, 1.807) is 20.8 Å². The zero-order valence-corrected chi connectivity index (χ0v) is 10.6. The van der Waals surface area contributed by atoms with Gasteiger partial charge in [-0.2, -0.15) is 0 Å². The molecule has 17 heavy (non-hydrogen) atoms. The van der Waals surface area contributed by atoms with Gasteiger partial charge >= 0.3 is 11.9 Å². The van der Waals surface area contributed by atoms with Gasteiger partial charge in [0.2, 0.25) is 0 Å².